The number of para-hydroxylation sites is 1. The fourth-order valence-electron chi connectivity index (χ4n) is 6.55. The summed E-state index contributed by atoms with van der Waals surface area (Å²) in [7, 11) is 0. The van der Waals surface area contributed by atoms with E-state index in [0.29, 0.717) is 17.8 Å². The Morgan fingerprint density at radius 3 is 2.42 bits per heavy atom. The number of carboxylic acid groups (broad SMARTS) is 3. The minimum absolute atomic E-state index is 0.148. The third-order valence-corrected chi connectivity index (χ3v) is 8.28. The normalized spacial score (nSPS) is 21.7. The van der Waals surface area contributed by atoms with Gasteiger partial charge in [0.05, 0.1) is 24.4 Å². The second-order valence-corrected chi connectivity index (χ2v) is 10.7. The van der Waals surface area contributed by atoms with Gasteiger partial charge in [0.1, 0.15) is 5.70 Å². The molecule has 40 heavy (non-hydrogen) atoms. The first-order valence-corrected chi connectivity index (χ1v) is 13.3. The first kappa shape index (κ1) is 27.5. The van der Waals surface area contributed by atoms with Crippen LogP contribution in [0.2, 0.25) is 0 Å². The van der Waals surface area contributed by atoms with Crippen LogP contribution < -0.4 is 0 Å². The van der Waals surface area contributed by atoms with Gasteiger partial charge in [-0.1, -0.05) is 30.3 Å². The molecule has 6 rings (SSSR count). The fraction of sp³-hybridized carbons (Fsp3) is 0.464. The first-order chi connectivity index (χ1) is 19.0. The van der Waals surface area contributed by atoms with Gasteiger partial charge in [-0.15, -0.1) is 0 Å². The van der Waals surface area contributed by atoms with Crippen molar-refractivity contribution in [1.82, 2.24) is 19.6 Å². The van der Waals surface area contributed by atoms with E-state index < -0.39 is 36.4 Å². The second kappa shape index (κ2) is 10.2. The third-order valence-electron chi connectivity index (χ3n) is 8.28. The number of benzene rings is 1. The molecule has 1 aromatic carbocycles. The molecular formula is C28H32N4O8. The van der Waals surface area contributed by atoms with Crippen molar-refractivity contribution in [2.75, 3.05) is 13.1 Å². The van der Waals surface area contributed by atoms with Crippen LogP contribution in [0, 0.1) is 12.3 Å². The van der Waals surface area contributed by atoms with E-state index in [1.165, 1.54) is 41.5 Å². The summed E-state index contributed by atoms with van der Waals surface area (Å²) in [5.41, 5.74) is 2.75. The minimum atomic E-state index is -2.74. The summed E-state index contributed by atoms with van der Waals surface area (Å²) in [6, 6.07) is 9.26. The number of carbonyl (C=O) groups is 3. The summed E-state index contributed by atoms with van der Waals surface area (Å²) in [4.78, 5) is 37.8. The standard InChI is InChI=1S/C22H24N4O.C6H8O7/c1-3-22-10-6-11-25-12-9-16-15-7-4-5-8-17(15)26(19(16)20(22)25)18(13-22)21-23-14(2)24-27-21;7-3(8)1-6(13,5(11)12)2-4(9)10/h4-5,7-8,13,20H,3,6,9-12H2,1-2H3;13H,1-2H2,(H,7,8)(H,9,10)(H,11,12)/t20-,22+;/m1./s1. The minimum Gasteiger partial charge on any atom is -0.481 e. The van der Waals surface area contributed by atoms with Crippen molar-refractivity contribution in [1.29, 1.82) is 0 Å². The van der Waals surface area contributed by atoms with Gasteiger partial charge in [-0.2, -0.15) is 4.98 Å². The van der Waals surface area contributed by atoms with Crippen LogP contribution >= 0.6 is 0 Å². The van der Waals surface area contributed by atoms with Crippen LogP contribution in [-0.4, -0.2) is 76.6 Å². The Labute approximate surface area is 229 Å². The Balaban J connectivity index is 0.000000213. The molecule has 5 heterocycles. The van der Waals surface area contributed by atoms with Crippen molar-refractivity contribution in [3.63, 3.8) is 0 Å². The van der Waals surface area contributed by atoms with Crippen molar-refractivity contribution in [2.24, 2.45) is 5.41 Å². The first-order valence-electron chi connectivity index (χ1n) is 13.3. The average Bonchev–Trinajstić information content (AvgIpc) is 3.48. The number of aryl methyl sites for hydroxylation is 1. The van der Waals surface area contributed by atoms with Crippen LogP contribution in [0.4, 0.5) is 0 Å². The van der Waals surface area contributed by atoms with Gasteiger partial charge in [0.25, 0.3) is 5.89 Å². The zero-order chi connectivity index (χ0) is 28.8. The number of fused-ring (bicyclic) bond motifs is 3. The third kappa shape index (κ3) is 4.56. The van der Waals surface area contributed by atoms with Crippen molar-refractivity contribution >= 4 is 34.5 Å². The van der Waals surface area contributed by atoms with Gasteiger partial charge in [-0.25, -0.2) is 4.79 Å². The van der Waals surface area contributed by atoms with Gasteiger partial charge in [-0.05, 0) is 56.9 Å². The van der Waals surface area contributed by atoms with Crippen LogP contribution in [0.15, 0.2) is 34.9 Å². The Morgan fingerprint density at radius 2 is 1.82 bits per heavy atom. The van der Waals surface area contributed by atoms with Gasteiger partial charge in [0, 0.05) is 23.0 Å². The summed E-state index contributed by atoms with van der Waals surface area (Å²) in [6.45, 7) is 6.59. The molecule has 212 valence electrons. The molecule has 0 amide bonds. The molecule has 12 nitrogen and oxygen atoms in total. The van der Waals surface area contributed by atoms with E-state index in [2.05, 4.69) is 56.9 Å². The largest absolute Gasteiger partial charge is 0.481 e. The van der Waals surface area contributed by atoms with E-state index in [-0.39, 0.29) is 5.41 Å². The molecule has 0 saturated carbocycles. The van der Waals surface area contributed by atoms with E-state index in [0.717, 1.165) is 25.1 Å². The van der Waals surface area contributed by atoms with Gasteiger partial charge in [0.2, 0.25) is 0 Å². The Kier molecular flexibility index (Phi) is 7.01. The molecule has 2 aromatic heterocycles. The highest BCUT2D eigenvalue weighted by molar-refractivity contribution is 5.91. The Hall–Kier alpha value is -4.03. The molecule has 0 radical (unpaired) electrons. The number of carboxylic acids is 3. The molecule has 3 aliphatic rings. The number of aliphatic carboxylic acids is 3. The van der Waals surface area contributed by atoms with Crippen molar-refractivity contribution in [2.45, 2.75) is 64.0 Å². The lowest BCUT2D eigenvalue weighted by Gasteiger charge is -2.53. The summed E-state index contributed by atoms with van der Waals surface area (Å²) >= 11 is 0. The Bertz CT molecular complexity index is 1510. The van der Waals surface area contributed by atoms with Gasteiger partial charge < -0.3 is 29.5 Å². The van der Waals surface area contributed by atoms with Gasteiger partial charge in [0.15, 0.2) is 11.4 Å². The van der Waals surface area contributed by atoms with Crippen LogP contribution in [0.1, 0.15) is 68.0 Å². The highest BCUT2D eigenvalue weighted by Crippen LogP contribution is 2.57. The molecule has 1 fully saturated rings. The maximum atomic E-state index is 10.3. The fourth-order valence-corrected chi connectivity index (χ4v) is 6.55. The second-order valence-electron chi connectivity index (χ2n) is 10.7. The Morgan fingerprint density at radius 1 is 1.12 bits per heavy atom. The lowest BCUT2D eigenvalue weighted by atomic mass is 9.66. The maximum absolute atomic E-state index is 10.3. The van der Waals surface area contributed by atoms with Gasteiger partial charge in [-0.3, -0.25) is 14.5 Å². The molecular weight excluding hydrogens is 520 g/mol. The molecule has 3 aliphatic heterocycles. The van der Waals surface area contributed by atoms with Crippen molar-refractivity contribution in [3.05, 3.63) is 53.3 Å². The van der Waals surface area contributed by atoms with Crippen LogP contribution in [0.3, 0.4) is 0 Å². The molecule has 3 aromatic rings. The van der Waals surface area contributed by atoms with Crippen molar-refractivity contribution < 1.29 is 39.3 Å². The summed E-state index contributed by atoms with van der Waals surface area (Å²) in [5, 5.41) is 39.3. The molecule has 4 N–H and O–H groups in total. The average molecular weight is 553 g/mol. The van der Waals surface area contributed by atoms with E-state index in [1.54, 1.807) is 0 Å². The molecule has 0 bridgehead atoms. The smallest absolute Gasteiger partial charge is 0.336 e. The number of hydrogen-bond acceptors (Lipinski definition) is 8. The van der Waals surface area contributed by atoms with E-state index in [9.17, 15) is 14.4 Å². The van der Waals surface area contributed by atoms with Crippen LogP contribution in [0.25, 0.3) is 16.6 Å². The number of piperidine rings is 1. The highest BCUT2D eigenvalue weighted by atomic mass is 16.5. The van der Waals surface area contributed by atoms with Crippen LogP contribution in [-0.2, 0) is 20.8 Å². The van der Waals surface area contributed by atoms with E-state index in [4.69, 9.17) is 24.9 Å². The predicted octanol–water partition coefficient (Wildman–Crippen LogP) is 3.08. The van der Waals surface area contributed by atoms with Gasteiger partial charge >= 0.3 is 17.9 Å². The monoisotopic (exact) mass is 552 g/mol. The SMILES string of the molecule is CC[C@@]12C=C(c3nc(C)no3)n3c4c(c5ccccc53)CCN(CCC1)[C@H]42.O=C(O)CC(O)(CC(=O)O)C(=O)O. The molecule has 0 unspecified atom stereocenters. The number of hydrogen-bond donors (Lipinski definition) is 4. The number of rotatable bonds is 7. The quantitative estimate of drug-likeness (QED) is 0.338. The van der Waals surface area contributed by atoms with E-state index in [1.807, 2.05) is 6.92 Å². The topological polar surface area (TPSA) is 179 Å². The molecule has 2 atom stereocenters. The number of nitrogens with zero attached hydrogens (tertiary/aromatic N) is 4. The van der Waals surface area contributed by atoms with Crippen molar-refractivity contribution in [3.8, 4) is 0 Å². The number of aromatic nitrogens is 3. The molecule has 0 spiro atoms. The predicted molar refractivity (Wildman–Crippen MR) is 141 cm³/mol. The summed E-state index contributed by atoms with van der Waals surface area (Å²) in [6.07, 6.45) is 4.91. The molecule has 1 saturated heterocycles. The number of aliphatic hydroxyl groups is 1. The zero-order valence-electron chi connectivity index (χ0n) is 22.3. The highest BCUT2D eigenvalue weighted by Gasteiger charge is 2.51. The summed E-state index contributed by atoms with van der Waals surface area (Å²) in [5.74, 6) is -3.69. The lowest BCUT2D eigenvalue weighted by Crippen LogP contribution is -2.50. The van der Waals surface area contributed by atoms with E-state index >= 15 is 0 Å². The molecule has 0 aliphatic carbocycles. The molecule has 12 heteroatoms. The summed E-state index contributed by atoms with van der Waals surface area (Å²) < 4.78 is 8.09. The zero-order valence-corrected chi connectivity index (χ0v) is 22.3. The maximum Gasteiger partial charge on any atom is 0.336 e. The lowest BCUT2D eigenvalue weighted by molar-refractivity contribution is -0.170. The van der Waals surface area contributed by atoms with Crippen LogP contribution in [0.5, 0.6) is 0 Å².